The van der Waals surface area contributed by atoms with Gasteiger partial charge in [0.05, 0.1) is 25.4 Å². The van der Waals surface area contributed by atoms with Gasteiger partial charge in [0.25, 0.3) is 0 Å². The molecule has 1 aliphatic heterocycles. The van der Waals surface area contributed by atoms with Gasteiger partial charge in [-0.15, -0.1) is 0 Å². The van der Waals surface area contributed by atoms with Crippen LogP contribution in [0.25, 0.3) is 0 Å². The minimum atomic E-state index is -1.62. The summed E-state index contributed by atoms with van der Waals surface area (Å²) < 4.78 is 17.7. The third kappa shape index (κ3) is 53.7. The fourth-order valence-corrected chi connectivity index (χ4v) is 11.8. The predicted octanol–water partition coefficient (Wildman–Crippen LogP) is 20.4. The molecule has 91 heavy (non-hydrogen) atoms. The number of ether oxygens (including phenoxy) is 3. The number of allylic oxidation sites excluding steroid dienone is 13. The van der Waals surface area contributed by atoms with E-state index in [4.69, 9.17) is 14.2 Å². The molecule has 11 nitrogen and oxygen atoms in total. The molecule has 0 aromatic heterocycles. The summed E-state index contributed by atoms with van der Waals surface area (Å²) in [6.07, 6.45) is 79.1. The zero-order valence-electron chi connectivity index (χ0n) is 59.0. The lowest BCUT2D eigenvalue weighted by Gasteiger charge is -2.41. The molecule has 1 amide bonds. The van der Waals surface area contributed by atoms with E-state index >= 15 is 0 Å². The van der Waals surface area contributed by atoms with Crippen molar-refractivity contribution >= 4 is 11.9 Å². The van der Waals surface area contributed by atoms with Gasteiger partial charge in [0.2, 0.25) is 5.91 Å². The van der Waals surface area contributed by atoms with Gasteiger partial charge < -0.3 is 45.1 Å². The first-order valence-electron chi connectivity index (χ1n) is 38.4. The van der Waals surface area contributed by atoms with Crippen LogP contribution in [-0.2, 0) is 23.8 Å². The normalized spacial score (nSPS) is 18.4. The van der Waals surface area contributed by atoms with E-state index in [0.29, 0.717) is 12.8 Å². The SMILES string of the molecule is CC/C=C\C/C=C\C/C=C\C/C=C\C/C=C\CCCCCCCCCCC(O)C(=O)NC(COC1OC(CO)C(O)C(O)C1OC(=O)CCCCCCCCCCCCCCCCC/C=C/CCCCCCCC)C(O)/C=C/CCCCCCCCCCCCC. The predicted molar refractivity (Wildman–Crippen MR) is 384 cm³/mol. The maximum atomic E-state index is 13.5. The van der Waals surface area contributed by atoms with Crippen LogP contribution in [0.5, 0.6) is 0 Å². The van der Waals surface area contributed by atoms with Gasteiger partial charge in [-0.1, -0.05) is 331 Å². The molecular formula is C80H143NO10. The summed E-state index contributed by atoms with van der Waals surface area (Å²) in [4.78, 5) is 26.8. The molecule has 528 valence electrons. The summed E-state index contributed by atoms with van der Waals surface area (Å²) in [5.41, 5.74) is 0. The third-order valence-electron chi connectivity index (χ3n) is 17.8. The lowest BCUT2D eigenvalue weighted by Crippen LogP contribution is -2.61. The number of hydrogen-bond donors (Lipinski definition) is 6. The van der Waals surface area contributed by atoms with Crippen LogP contribution in [-0.4, -0.2) is 99.6 Å². The van der Waals surface area contributed by atoms with Gasteiger partial charge in [-0.25, -0.2) is 0 Å². The molecule has 8 atom stereocenters. The average Bonchev–Trinajstić information content (AvgIpc) is 1.00. The zero-order chi connectivity index (χ0) is 66.0. The van der Waals surface area contributed by atoms with Crippen LogP contribution < -0.4 is 5.32 Å². The van der Waals surface area contributed by atoms with Crippen molar-refractivity contribution in [2.45, 2.75) is 397 Å². The fraction of sp³-hybridized carbons (Fsp3) is 0.800. The number of carbonyl (C=O) groups excluding carboxylic acids is 2. The van der Waals surface area contributed by atoms with Gasteiger partial charge in [-0.2, -0.15) is 0 Å². The van der Waals surface area contributed by atoms with Crippen LogP contribution in [0.4, 0.5) is 0 Å². The Balaban J connectivity index is 2.55. The summed E-state index contributed by atoms with van der Waals surface area (Å²) in [5, 5.41) is 57.4. The summed E-state index contributed by atoms with van der Waals surface area (Å²) in [5.74, 6) is -1.19. The van der Waals surface area contributed by atoms with Crippen molar-refractivity contribution in [2.75, 3.05) is 13.2 Å². The summed E-state index contributed by atoms with van der Waals surface area (Å²) in [6.45, 7) is 5.72. The smallest absolute Gasteiger partial charge is 0.306 e. The van der Waals surface area contributed by atoms with E-state index in [0.717, 1.165) is 96.3 Å². The molecule has 0 spiro atoms. The number of esters is 1. The summed E-state index contributed by atoms with van der Waals surface area (Å²) in [6, 6.07) is -1.03. The highest BCUT2D eigenvalue weighted by atomic mass is 16.7. The largest absolute Gasteiger partial charge is 0.454 e. The first kappa shape index (κ1) is 85.9. The maximum Gasteiger partial charge on any atom is 0.306 e. The fourth-order valence-electron chi connectivity index (χ4n) is 11.8. The lowest BCUT2D eigenvalue weighted by atomic mass is 9.99. The highest BCUT2D eigenvalue weighted by Gasteiger charge is 2.47. The van der Waals surface area contributed by atoms with Crippen molar-refractivity contribution in [1.29, 1.82) is 0 Å². The Bertz CT molecular complexity index is 1810. The van der Waals surface area contributed by atoms with Crippen LogP contribution in [0.3, 0.4) is 0 Å². The molecule has 8 unspecified atom stereocenters. The Labute approximate surface area is 559 Å². The van der Waals surface area contributed by atoms with Gasteiger partial charge in [0.1, 0.15) is 24.4 Å². The van der Waals surface area contributed by atoms with Crippen LogP contribution in [0.2, 0.25) is 0 Å². The van der Waals surface area contributed by atoms with E-state index in [1.807, 2.05) is 6.08 Å². The zero-order valence-corrected chi connectivity index (χ0v) is 59.0. The van der Waals surface area contributed by atoms with Crippen molar-refractivity contribution < 1.29 is 49.3 Å². The number of amides is 1. The first-order chi connectivity index (χ1) is 44.7. The van der Waals surface area contributed by atoms with Crippen molar-refractivity contribution in [3.8, 4) is 0 Å². The van der Waals surface area contributed by atoms with Gasteiger partial charge >= 0.3 is 5.97 Å². The lowest BCUT2D eigenvalue weighted by molar-refractivity contribution is -0.305. The molecule has 0 saturated carbocycles. The molecule has 0 aliphatic carbocycles. The second-order valence-electron chi connectivity index (χ2n) is 26.4. The third-order valence-corrected chi connectivity index (χ3v) is 17.8. The number of nitrogens with one attached hydrogen (secondary N) is 1. The molecule has 11 heteroatoms. The number of aliphatic hydroxyl groups excluding tert-OH is 5. The van der Waals surface area contributed by atoms with Crippen molar-refractivity contribution in [2.24, 2.45) is 0 Å². The Hall–Kier alpha value is -3.16. The Morgan fingerprint density at radius 1 is 0.440 bits per heavy atom. The van der Waals surface area contributed by atoms with Crippen LogP contribution in [0.15, 0.2) is 85.1 Å². The van der Waals surface area contributed by atoms with Gasteiger partial charge in [-0.3, -0.25) is 9.59 Å². The van der Waals surface area contributed by atoms with E-state index < -0.39 is 67.4 Å². The second kappa shape index (κ2) is 66.8. The number of rotatable bonds is 66. The monoisotopic (exact) mass is 1280 g/mol. The molecule has 0 aromatic rings. The van der Waals surface area contributed by atoms with Crippen LogP contribution in [0.1, 0.15) is 348 Å². The van der Waals surface area contributed by atoms with Gasteiger partial charge in [0.15, 0.2) is 12.4 Å². The molecule has 1 heterocycles. The number of carbonyl (C=O) groups is 2. The van der Waals surface area contributed by atoms with E-state index in [-0.39, 0.29) is 19.4 Å². The van der Waals surface area contributed by atoms with E-state index in [9.17, 15) is 35.1 Å². The second-order valence-corrected chi connectivity index (χ2v) is 26.4. The molecular weight excluding hydrogens is 1130 g/mol. The van der Waals surface area contributed by atoms with Crippen LogP contribution in [0, 0.1) is 0 Å². The van der Waals surface area contributed by atoms with E-state index in [1.54, 1.807) is 6.08 Å². The Morgan fingerprint density at radius 2 is 0.791 bits per heavy atom. The molecule has 1 saturated heterocycles. The van der Waals surface area contributed by atoms with Crippen molar-refractivity contribution in [3.05, 3.63) is 85.1 Å². The maximum absolute atomic E-state index is 13.5. The Kier molecular flexibility index (Phi) is 63.1. The van der Waals surface area contributed by atoms with E-state index in [2.05, 4.69) is 99.0 Å². The standard InChI is InChI=1S/C80H143NO10/c1-4-7-10-13-16-19-22-25-27-29-31-33-35-37-39-41-43-45-47-50-53-56-59-62-65-68-75(85)91-78-77(87)76(86)74(69-82)90-80(78)89-70-71(72(83)66-63-60-57-54-51-48-24-21-18-15-12-9-6-3)81-79(88)73(84)67-64-61-58-55-52-49-46-44-42-40-38-36-34-32-30-28-26-23-20-17-14-11-8-5-2/h8,11,17,20,25-28,32,34,38,40,63,66,71-74,76-78,80,82-84,86-87H,4-7,9-10,12-16,18-19,21-24,29-31,33,35-37,39,41-62,64-65,67-70H2,1-3H3,(H,81,88)/b11-8-,20-17-,27-25+,28-26-,34-32-,40-38-,66-63+. The molecule has 0 bridgehead atoms. The highest BCUT2D eigenvalue weighted by Crippen LogP contribution is 2.26. The molecule has 6 N–H and O–H groups in total. The average molecular weight is 1280 g/mol. The Morgan fingerprint density at radius 3 is 1.20 bits per heavy atom. The van der Waals surface area contributed by atoms with E-state index in [1.165, 1.54) is 205 Å². The number of aliphatic hydroxyl groups is 5. The van der Waals surface area contributed by atoms with Gasteiger partial charge in [-0.05, 0) is 96.3 Å². The minimum Gasteiger partial charge on any atom is -0.454 e. The molecule has 1 aliphatic rings. The molecule has 0 aromatic carbocycles. The topological polar surface area (TPSA) is 175 Å². The number of unbranched alkanes of at least 4 members (excludes halogenated alkanes) is 40. The minimum absolute atomic E-state index is 0.123. The van der Waals surface area contributed by atoms with Crippen molar-refractivity contribution in [3.63, 3.8) is 0 Å². The molecule has 1 rings (SSSR count). The summed E-state index contributed by atoms with van der Waals surface area (Å²) in [7, 11) is 0. The van der Waals surface area contributed by atoms with Crippen LogP contribution >= 0.6 is 0 Å². The first-order valence-corrected chi connectivity index (χ1v) is 38.4. The summed E-state index contributed by atoms with van der Waals surface area (Å²) >= 11 is 0. The number of hydrogen-bond acceptors (Lipinski definition) is 10. The quantitative estimate of drug-likeness (QED) is 0.0195. The molecule has 1 fully saturated rings. The molecule has 0 radical (unpaired) electrons. The van der Waals surface area contributed by atoms with Gasteiger partial charge in [0, 0.05) is 6.42 Å². The highest BCUT2D eigenvalue weighted by molar-refractivity contribution is 5.80. The van der Waals surface area contributed by atoms with Crippen molar-refractivity contribution in [1.82, 2.24) is 5.32 Å².